The minimum atomic E-state index is 0.252. The Labute approximate surface area is 124 Å². The van der Waals surface area contributed by atoms with Crippen molar-refractivity contribution in [3.05, 3.63) is 41.5 Å². The van der Waals surface area contributed by atoms with E-state index in [1.54, 1.807) is 6.33 Å². The van der Waals surface area contributed by atoms with Gasteiger partial charge in [0.2, 0.25) is 0 Å². The number of rotatable bonds is 6. The summed E-state index contributed by atoms with van der Waals surface area (Å²) >= 11 is 0. The Morgan fingerprint density at radius 1 is 1.43 bits per heavy atom. The second-order valence-electron chi connectivity index (χ2n) is 5.31. The first-order chi connectivity index (χ1) is 10.3. The van der Waals surface area contributed by atoms with Crippen molar-refractivity contribution in [1.29, 1.82) is 0 Å². The van der Waals surface area contributed by atoms with Gasteiger partial charge in [0.15, 0.2) is 0 Å². The van der Waals surface area contributed by atoms with Gasteiger partial charge < -0.3 is 19.8 Å². The summed E-state index contributed by atoms with van der Waals surface area (Å²) in [4.78, 5) is 7.09. The number of nitrogens with one attached hydrogen (secondary N) is 2. The molecule has 112 valence electrons. The lowest BCUT2D eigenvalue weighted by atomic mass is 10.1. The molecule has 21 heavy (non-hydrogen) atoms. The molecule has 1 unspecified atom stereocenters. The normalized spacial score (nSPS) is 16.6. The number of aromatic nitrogens is 2. The van der Waals surface area contributed by atoms with Gasteiger partial charge in [-0.25, -0.2) is 4.98 Å². The van der Waals surface area contributed by atoms with Gasteiger partial charge in [0.25, 0.3) is 0 Å². The Bertz CT molecular complexity index is 596. The molecule has 5 heteroatoms. The summed E-state index contributed by atoms with van der Waals surface area (Å²) in [6, 6.07) is 4.22. The molecule has 0 fully saturated rings. The van der Waals surface area contributed by atoms with Crippen molar-refractivity contribution < 1.29 is 9.47 Å². The van der Waals surface area contributed by atoms with Crippen LogP contribution < -0.4 is 14.8 Å². The number of aromatic amines is 1. The Morgan fingerprint density at radius 3 is 3.10 bits per heavy atom. The van der Waals surface area contributed by atoms with Crippen molar-refractivity contribution in [1.82, 2.24) is 15.3 Å². The van der Waals surface area contributed by atoms with Crippen LogP contribution in [0.15, 0.2) is 24.7 Å². The summed E-state index contributed by atoms with van der Waals surface area (Å²) in [7, 11) is 0. The molecule has 0 amide bonds. The molecule has 1 aliphatic heterocycles. The largest absolute Gasteiger partial charge is 0.494 e. The topological polar surface area (TPSA) is 59.2 Å². The number of fused-ring (bicyclic) bond motifs is 1. The molecule has 1 aromatic carbocycles. The van der Waals surface area contributed by atoms with Crippen LogP contribution in [-0.2, 0) is 19.5 Å². The third-order valence-electron chi connectivity index (χ3n) is 3.56. The molecule has 1 aliphatic rings. The number of hydrogen-bond donors (Lipinski definition) is 2. The van der Waals surface area contributed by atoms with Crippen LogP contribution in [0.5, 0.6) is 11.5 Å². The maximum absolute atomic E-state index is 5.83. The van der Waals surface area contributed by atoms with Gasteiger partial charge >= 0.3 is 0 Å². The summed E-state index contributed by atoms with van der Waals surface area (Å²) in [5, 5.41) is 3.40. The molecule has 2 N–H and O–H groups in total. The van der Waals surface area contributed by atoms with Gasteiger partial charge in [-0.15, -0.1) is 0 Å². The standard InChI is InChI=1S/C16H21N3O2/c1-3-20-15-5-12-4-11(2)21-16(12)6-13(15)7-17-8-14-9-18-10-19-14/h5-6,9-11,17H,3-4,7-8H2,1-2H3,(H,18,19). The maximum Gasteiger partial charge on any atom is 0.124 e. The molecular weight excluding hydrogens is 266 g/mol. The molecule has 5 nitrogen and oxygen atoms in total. The molecule has 1 aromatic heterocycles. The highest BCUT2D eigenvalue weighted by molar-refractivity contribution is 5.48. The fraction of sp³-hybridized carbons (Fsp3) is 0.438. The van der Waals surface area contributed by atoms with Crippen LogP contribution in [0, 0.1) is 0 Å². The molecule has 2 heterocycles. The van der Waals surface area contributed by atoms with E-state index in [1.807, 2.05) is 13.1 Å². The van der Waals surface area contributed by atoms with E-state index in [4.69, 9.17) is 9.47 Å². The Balaban J connectivity index is 1.72. The molecule has 0 saturated heterocycles. The molecule has 0 spiro atoms. The predicted octanol–water partition coefficient (Wildman–Crippen LogP) is 2.42. The van der Waals surface area contributed by atoms with Crippen LogP contribution in [0.2, 0.25) is 0 Å². The first kappa shape index (κ1) is 13.9. The van der Waals surface area contributed by atoms with Crippen molar-refractivity contribution >= 4 is 0 Å². The van der Waals surface area contributed by atoms with Crippen molar-refractivity contribution in [3.63, 3.8) is 0 Å². The minimum Gasteiger partial charge on any atom is -0.494 e. The predicted molar refractivity (Wildman–Crippen MR) is 80.5 cm³/mol. The highest BCUT2D eigenvalue weighted by atomic mass is 16.5. The number of imidazole rings is 1. The lowest BCUT2D eigenvalue weighted by Crippen LogP contribution is -2.14. The maximum atomic E-state index is 5.83. The summed E-state index contributed by atoms with van der Waals surface area (Å²) in [6.07, 6.45) is 4.72. The molecule has 0 aliphatic carbocycles. The zero-order chi connectivity index (χ0) is 14.7. The van der Waals surface area contributed by atoms with Crippen LogP contribution in [0.1, 0.15) is 30.7 Å². The van der Waals surface area contributed by atoms with Crippen LogP contribution in [0.3, 0.4) is 0 Å². The summed E-state index contributed by atoms with van der Waals surface area (Å²) in [5.41, 5.74) is 3.44. The van der Waals surface area contributed by atoms with E-state index in [2.05, 4.69) is 34.3 Å². The Morgan fingerprint density at radius 2 is 2.33 bits per heavy atom. The quantitative estimate of drug-likeness (QED) is 0.856. The lowest BCUT2D eigenvalue weighted by Gasteiger charge is -2.13. The third kappa shape index (κ3) is 3.19. The van der Waals surface area contributed by atoms with Crippen LogP contribution in [0.4, 0.5) is 0 Å². The SMILES string of the molecule is CCOc1cc2c(cc1CNCc1cnc[nH]1)OC(C)C2. The highest BCUT2D eigenvalue weighted by Gasteiger charge is 2.21. The zero-order valence-electron chi connectivity index (χ0n) is 12.5. The van der Waals surface area contributed by atoms with Crippen molar-refractivity contribution in [2.24, 2.45) is 0 Å². The average molecular weight is 287 g/mol. The smallest absolute Gasteiger partial charge is 0.124 e. The molecule has 3 rings (SSSR count). The van der Waals surface area contributed by atoms with Crippen LogP contribution in [0.25, 0.3) is 0 Å². The van der Waals surface area contributed by atoms with Gasteiger partial charge in [0.1, 0.15) is 17.6 Å². The molecule has 1 atom stereocenters. The second-order valence-corrected chi connectivity index (χ2v) is 5.31. The van der Waals surface area contributed by atoms with Gasteiger partial charge in [-0.3, -0.25) is 0 Å². The average Bonchev–Trinajstić information content (AvgIpc) is 3.07. The van der Waals surface area contributed by atoms with Gasteiger partial charge in [-0.2, -0.15) is 0 Å². The molecule has 0 saturated carbocycles. The van der Waals surface area contributed by atoms with Crippen molar-refractivity contribution in [3.8, 4) is 11.5 Å². The van der Waals surface area contributed by atoms with E-state index < -0.39 is 0 Å². The van der Waals surface area contributed by atoms with Crippen molar-refractivity contribution in [2.45, 2.75) is 39.5 Å². The van der Waals surface area contributed by atoms with Crippen LogP contribution in [-0.4, -0.2) is 22.7 Å². The number of hydrogen-bond acceptors (Lipinski definition) is 4. The monoisotopic (exact) mass is 287 g/mol. The summed E-state index contributed by atoms with van der Waals surface area (Å²) in [6.45, 7) is 6.26. The fourth-order valence-electron chi connectivity index (χ4n) is 2.62. The van der Waals surface area contributed by atoms with Gasteiger partial charge in [-0.05, 0) is 26.0 Å². The summed E-state index contributed by atoms with van der Waals surface area (Å²) < 4.78 is 11.6. The van der Waals surface area contributed by atoms with E-state index in [0.717, 1.165) is 42.3 Å². The van der Waals surface area contributed by atoms with Gasteiger partial charge in [-0.1, -0.05) is 0 Å². The Kier molecular flexibility index (Phi) is 4.10. The first-order valence-corrected chi connectivity index (χ1v) is 7.39. The van der Waals surface area contributed by atoms with Gasteiger partial charge in [0, 0.05) is 42.5 Å². The molecule has 0 radical (unpaired) electrons. The third-order valence-corrected chi connectivity index (χ3v) is 3.56. The lowest BCUT2D eigenvalue weighted by molar-refractivity contribution is 0.254. The van der Waals surface area contributed by atoms with E-state index in [0.29, 0.717) is 6.61 Å². The zero-order valence-corrected chi connectivity index (χ0v) is 12.5. The van der Waals surface area contributed by atoms with E-state index in [-0.39, 0.29) is 6.10 Å². The number of benzene rings is 1. The van der Waals surface area contributed by atoms with E-state index in [1.165, 1.54) is 5.56 Å². The highest BCUT2D eigenvalue weighted by Crippen LogP contribution is 2.35. The number of H-pyrrole nitrogens is 1. The fourth-order valence-corrected chi connectivity index (χ4v) is 2.62. The van der Waals surface area contributed by atoms with E-state index in [9.17, 15) is 0 Å². The van der Waals surface area contributed by atoms with Crippen molar-refractivity contribution in [2.75, 3.05) is 6.61 Å². The summed E-state index contributed by atoms with van der Waals surface area (Å²) in [5.74, 6) is 1.94. The van der Waals surface area contributed by atoms with Crippen LogP contribution >= 0.6 is 0 Å². The molecule has 2 aromatic rings. The molecular formula is C16H21N3O2. The number of ether oxygens (including phenoxy) is 2. The first-order valence-electron chi connectivity index (χ1n) is 7.39. The number of nitrogens with zero attached hydrogens (tertiary/aromatic N) is 1. The van der Waals surface area contributed by atoms with E-state index >= 15 is 0 Å². The molecule has 0 bridgehead atoms. The Hall–Kier alpha value is -2.01. The van der Waals surface area contributed by atoms with Gasteiger partial charge in [0.05, 0.1) is 12.9 Å². The minimum absolute atomic E-state index is 0.252. The second kappa shape index (κ2) is 6.18.